The van der Waals surface area contributed by atoms with Gasteiger partial charge in [0, 0.05) is 5.56 Å². The molecule has 0 amide bonds. The van der Waals surface area contributed by atoms with Gasteiger partial charge in [-0.25, -0.2) is 13.8 Å². The van der Waals surface area contributed by atoms with Gasteiger partial charge >= 0.3 is 5.97 Å². The number of pyridine rings is 1. The van der Waals surface area contributed by atoms with E-state index in [-0.39, 0.29) is 10.6 Å². The number of nitrogens with zero attached hydrogens (tertiary/aromatic N) is 1. The summed E-state index contributed by atoms with van der Waals surface area (Å²) in [6, 6.07) is 0.947. The molecule has 1 aromatic heterocycles. The zero-order valence-electron chi connectivity index (χ0n) is 8.14. The monoisotopic (exact) mass is 253 g/mol. The third-order valence-corrected chi connectivity index (χ3v) is 2.10. The van der Waals surface area contributed by atoms with Crippen molar-refractivity contribution in [1.29, 1.82) is 0 Å². The number of hydrogen-bond donors (Lipinski definition) is 0. The van der Waals surface area contributed by atoms with E-state index in [9.17, 15) is 18.0 Å². The minimum absolute atomic E-state index is 0.179. The molecule has 0 radical (unpaired) electrons. The molecule has 0 aromatic carbocycles. The second-order valence-electron chi connectivity index (χ2n) is 2.86. The van der Waals surface area contributed by atoms with Gasteiger partial charge in [-0.3, -0.25) is 4.79 Å². The van der Waals surface area contributed by atoms with Crippen molar-refractivity contribution in [2.24, 2.45) is 0 Å². The first-order chi connectivity index (χ1) is 7.45. The molecule has 0 aliphatic rings. The van der Waals surface area contributed by atoms with Crippen molar-refractivity contribution in [2.45, 2.75) is 12.8 Å². The van der Waals surface area contributed by atoms with E-state index >= 15 is 0 Å². The second kappa shape index (κ2) is 5.16. The smallest absolute Gasteiger partial charge is 0.310 e. The lowest BCUT2D eigenvalue weighted by molar-refractivity contribution is -0.139. The molecule has 7 heteroatoms. The summed E-state index contributed by atoms with van der Waals surface area (Å²) in [6.45, 7) is 0. The normalized spacial score (nSPS) is 10.6. The molecule has 0 saturated heterocycles. The van der Waals surface area contributed by atoms with Crippen molar-refractivity contribution in [3.63, 3.8) is 0 Å². The van der Waals surface area contributed by atoms with Gasteiger partial charge in [0.05, 0.1) is 18.6 Å². The molecule has 0 N–H and O–H groups in total. The molecule has 0 spiro atoms. The highest BCUT2D eigenvalue weighted by atomic mass is 35.5. The van der Waals surface area contributed by atoms with Crippen LogP contribution in [0.25, 0.3) is 0 Å². The number of methoxy groups -OCH3 is 1. The molecule has 0 atom stereocenters. The first kappa shape index (κ1) is 12.8. The van der Waals surface area contributed by atoms with Crippen LogP contribution in [0.3, 0.4) is 0 Å². The van der Waals surface area contributed by atoms with Crippen LogP contribution in [-0.4, -0.2) is 18.1 Å². The number of halogens is 4. The quantitative estimate of drug-likeness (QED) is 0.614. The van der Waals surface area contributed by atoms with Crippen LogP contribution in [0.1, 0.15) is 17.7 Å². The number of esters is 1. The summed E-state index contributed by atoms with van der Waals surface area (Å²) in [6.07, 6.45) is -3.37. The largest absolute Gasteiger partial charge is 0.469 e. The first-order valence-electron chi connectivity index (χ1n) is 4.15. The van der Waals surface area contributed by atoms with Crippen LogP contribution in [0.15, 0.2) is 6.07 Å². The average Bonchev–Trinajstić information content (AvgIpc) is 2.22. The summed E-state index contributed by atoms with van der Waals surface area (Å²) in [4.78, 5) is 13.9. The number of alkyl halides is 2. The van der Waals surface area contributed by atoms with Crippen molar-refractivity contribution in [1.82, 2.24) is 4.98 Å². The van der Waals surface area contributed by atoms with E-state index in [2.05, 4.69) is 9.72 Å². The zero-order chi connectivity index (χ0) is 12.3. The molecule has 0 aliphatic carbocycles. The summed E-state index contributed by atoms with van der Waals surface area (Å²) >= 11 is 5.46. The Kier molecular flexibility index (Phi) is 4.12. The number of hydrogen-bond acceptors (Lipinski definition) is 3. The van der Waals surface area contributed by atoms with Gasteiger partial charge < -0.3 is 4.74 Å². The fraction of sp³-hybridized carbons (Fsp3) is 0.333. The van der Waals surface area contributed by atoms with Gasteiger partial charge in [-0.05, 0) is 6.07 Å². The predicted octanol–water partition coefficient (Wildman–Crippen LogP) is 2.53. The molecule has 1 rings (SSSR count). The molecular weight excluding hydrogens is 247 g/mol. The van der Waals surface area contributed by atoms with Crippen LogP contribution in [0, 0.1) is 5.95 Å². The lowest BCUT2D eigenvalue weighted by atomic mass is 10.2. The van der Waals surface area contributed by atoms with Crippen LogP contribution >= 0.6 is 11.6 Å². The van der Waals surface area contributed by atoms with Gasteiger partial charge in [0.15, 0.2) is 0 Å². The molecule has 3 nitrogen and oxygen atoms in total. The van der Waals surface area contributed by atoms with E-state index in [0.717, 1.165) is 13.2 Å². The summed E-state index contributed by atoms with van der Waals surface area (Å²) in [5.41, 5.74) is -1.02. The third kappa shape index (κ3) is 2.85. The number of ether oxygens (including phenoxy) is 1. The van der Waals surface area contributed by atoms with Crippen LogP contribution in [0.5, 0.6) is 0 Å². The van der Waals surface area contributed by atoms with E-state index in [1.54, 1.807) is 0 Å². The average molecular weight is 254 g/mol. The van der Waals surface area contributed by atoms with Crippen LogP contribution < -0.4 is 0 Å². The number of carbonyl (C=O) groups is 1. The molecule has 1 aromatic rings. The Morgan fingerprint density at radius 1 is 1.62 bits per heavy atom. The topological polar surface area (TPSA) is 39.2 Å². The van der Waals surface area contributed by atoms with Gasteiger partial charge in [0.2, 0.25) is 5.95 Å². The van der Waals surface area contributed by atoms with E-state index in [1.165, 1.54) is 0 Å². The molecule has 0 fully saturated rings. The van der Waals surface area contributed by atoms with Crippen molar-refractivity contribution in [2.75, 3.05) is 7.11 Å². The van der Waals surface area contributed by atoms with Gasteiger partial charge in [-0.15, -0.1) is 0 Å². The first-order valence-corrected chi connectivity index (χ1v) is 4.53. The fourth-order valence-electron chi connectivity index (χ4n) is 1.02. The summed E-state index contributed by atoms with van der Waals surface area (Å²) in [7, 11) is 1.13. The second-order valence-corrected chi connectivity index (χ2v) is 3.27. The Bertz CT molecular complexity index is 412. The summed E-state index contributed by atoms with van der Waals surface area (Å²) in [5, 5.41) is -0.379. The van der Waals surface area contributed by atoms with E-state index in [4.69, 9.17) is 11.6 Å². The lowest BCUT2D eigenvalue weighted by Gasteiger charge is -2.06. The molecule has 0 saturated carbocycles. The predicted molar refractivity (Wildman–Crippen MR) is 49.9 cm³/mol. The van der Waals surface area contributed by atoms with Crippen molar-refractivity contribution < 1.29 is 22.7 Å². The highest BCUT2D eigenvalue weighted by molar-refractivity contribution is 6.31. The van der Waals surface area contributed by atoms with Crippen LogP contribution in [-0.2, 0) is 16.0 Å². The summed E-state index contributed by atoms with van der Waals surface area (Å²) in [5.74, 6) is -1.85. The van der Waals surface area contributed by atoms with E-state index in [1.807, 2.05) is 0 Å². The Balaban J connectivity index is 3.05. The Labute approximate surface area is 94.2 Å². The molecular formula is C9H7ClF3NO2. The zero-order valence-corrected chi connectivity index (χ0v) is 8.89. The molecule has 1 heterocycles. The summed E-state index contributed by atoms with van der Waals surface area (Å²) < 4.78 is 42.0. The molecule has 0 bridgehead atoms. The molecule has 88 valence electrons. The number of aromatic nitrogens is 1. The SMILES string of the molecule is COC(=O)Cc1cc(Cl)c(C(F)F)nc1F. The van der Waals surface area contributed by atoms with Crippen molar-refractivity contribution in [3.05, 3.63) is 28.3 Å². The van der Waals surface area contributed by atoms with Gasteiger partial charge in [-0.2, -0.15) is 4.39 Å². The maximum absolute atomic E-state index is 13.2. The Hall–Kier alpha value is -1.30. The molecule has 0 aliphatic heterocycles. The maximum Gasteiger partial charge on any atom is 0.310 e. The number of rotatable bonds is 3. The van der Waals surface area contributed by atoms with Crippen LogP contribution in [0.4, 0.5) is 13.2 Å². The van der Waals surface area contributed by atoms with Gasteiger partial charge in [0.1, 0.15) is 5.69 Å². The number of carbonyl (C=O) groups excluding carboxylic acids is 1. The Morgan fingerprint density at radius 2 is 2.25 bits per heavy atom. The fourth-order valence-corrected chi connectivity index (χ4v) is 1.28. The highest BCUT2D eigenvalue weighted by Crippen LogP contribution is 2.26. The van der Waals surface area contributed by atoms with Crippen LogP contribution in [0.2, 0.25) is 5.02 Å². The van der Waals surface area contributed by atoms with Gasteiger partial charge in [-0.1, -0.05) is 11.6 Å². The highest BCUT2D eigenvalue weighted by Gasteiger charge is 2.19. The Morgan fingerprint density at radius 3 is 2.75 bits per heavy atom. The lowest BCUT2D eigenvalue weighted by Crippen LogP contribution is -2.08. The molecule has 16 heavy (non-hydrogen) atoms. The third-order valence-electron chi connectivity index (χ3n) is 1.80. The van der Waals surface area contributed by atoms with Crippen molar-refractivity contribution >= 4 is 17.6 Å². The van der Waals surface area contributed by atoms with E-state index < -0.39 is 30.5 Å². The minimum Gasteiger partial charge on any atom is -0.469 e. The maximum atomic E-state index is 13.2. The minimum atomic E-state index is -2.96. The van der Waals surface area contributed by atoms with Crippen molar-refractivity contribution in [3.8, 4) is 0 Å². The standard InChI is InChI=1S/C9H7ClF3NO2/c1-16-6(15)3-4-2-5(10)7(8(11)12)14-9(4)13/h2,8H,3H2,1H3. The van der Waals surface area contributed by atoms with Gasteiger partial charge in [0.25, 0.3) is 6.43 Å². The molecule has 0 unspecified atom stereocenters. The van der Waals surface area contributed by atoms with E-state index in [0.29, 0.717) is 0 Å².